The van der Waals surface area contributed by atoms with Crippen LogP contribution in [-0.4, -0.2) is 18.5 Å². The SMILES string of the molecule is Cc1ccc(C=CC(=O)OCC(=O)Nc2cccc(Br)c2)o1. The third-order valence-corrected chi connectivity index (χ3v) is 3.09. The Kier molecular flexibility index (Phi) is 5.55. The lowest BCUT2D eigenvalue weighted by molar-refractivity contribution is -0.142. The fraction of sp³-hybridized carbons (Fsp3) is 0.125. The number of nitrogens with one attached hydrogen (secondary N) is 1. The monoisotopic (exact) mass is 363 g/mol. The van der Waals surface area contributed by atoms with Gasteiger partial charge in [0.05, 0.1) is 0 Å². The molecule has 22 heavy (non-hydrogen) atoms. The normalized spacial score (nSPS) is 10.6. The van der Waals surface area contributed by atoms with Gasteiger partial charge >= 0.3 is 5.97 Å². The number of halogens is 1. The molecule has 2 aromatic rings. The minimum Gasteiger partial charge on any atom is -0.462 e. The van der Waals surface area contributed by atoms with Gasteiger partial charge in [0.25, 0.3) is 5.91 Å². The number of esters is 1. The van der Waals surface area contributed by atoms with E-state index in [1.54, 1.807) is 30.3 Å². The molecule has 0 atom stereocenters. The molecule has 0 aliphatic heterocycles. The van der Waals surface area contributed by atoms with Crippen molar-refractivity contribution in [3.63, 3.8) is 0 Å². The van der Waals surface area contributed by atoms with Gasteiger partial charge in [-0.1, -0.05) is 22.0 Å². The summed E-state index contributed by atoms with van der Waals surface area (Å²) in [5.74, 6) is 0.279. The highest BCUT2D eigenvalue weighted by molar-refractivity contribution is 9.10. The van der Waals surface area contributed by atoms with Crippen molar-refractivity contribution in [1.82, 2.24) is 0 Å². The van der Waals surface area contributed by atoms with Crippen molar-refractivity contribution in [2.45, 2.75) is 6.92 Å². The maximum absolute atomic E-state index is 11.7. The van der Waals surface area contributed by atoms with Crippen LogP contribution in [0.25, 0.3) is 6.08 Å². The minimum atomic E-state index is -0.613. The molecule has 0 bridgehead atoms. The minimum absolute atomic E-state index is 0.354. The molecule has 0 unspecified atom stereocenters. The largest absolute Gasteiger partial charge is 0.462 e. The number of aryl methyl sites for hydroxylation is 1. The van der Waals surface area contributed by atoms with Gasteiger partial charge in [0.15, 0.2) is 6.61 Å². The lowest BCUT2D eigenvalue weighted by Gasteiger charge is -2.05. The summed E-state index contributed by atoms with van der Waals surface area (Å²) in [6.07, 6.45) is 2.70. The number of hydrogen-bond donors (Lipinski definition) is 1. The van der Waals surface area contributed by atoms with Gasteiger partial charge in [0, 0.05) is 16.2 Å². The number of carbonyl (C=O) groups is 2. The van der Waals surface area contributed by atoms with E-state index < -0.39 is 11.9 Å². The Morgan fingerprint density at radius 1 is 1.32 bits per heavy atom. The quantitative estimate of drug-likeness (QED) is 0.651. The molecule has 1 aromatic carbocycles. The van der Waals surface area contributed by atoms with Gasteiger partial charge in [-0.25, -0.2) is 4.79 Å². The molecule has 0 radical (unpaired) electrons. The van der Waals surface area contributed by atoms with Crippen LogP contribution in [-0.2, 0) is 14.3 Å². The Hall–Kier alpha value is -2.34. The Morgan fingerprint density at radius 2 is 2.14 bits per heavy atom. The van der Waals surface area contributed by atoms with Crippen LogP contribution in [0.15, 0.2) is 51.4 Å². The summed E-state index contributed by atoms with van der Waals surface area (Å²) < 4.78 is 11.0. The van der Waals surface area contributed by atoms with E-state index in [-0.39, 0.29) is 6.61 Å². The summed E-state index contributed by atoms with van der Waals surface area (Å²) in [5.41, 5.74) is 0.622. The van der Waals surface area contributed by atoms with Crippen molar-refractivity contribution >= 4 is 39.6 Å². The summed E-state index contributed by atoms with van der Waals surface area (Å²) in [6.45, 7) is 1.45. The first-order valence-electron chi connectivity index (χ1n) is 6.49. The number of carbonyl (C=O) groups excluding carboxylic acids is 2. The van der Waals surface area contributed by atoms with Crippen LogP contribution in [0.4, 0.5) is 5.69 Å². The predicted octanol–water partition coefficient (Wildman–Crippen LogP) is 3.55. The summed E-state index contributed by atoms with van der Waals surface area (Å²) in [7, 11) is 0. The van der Waals surface area contributed by atoms with Gasteiger partial charge in [0.1, 0.15) is 11.5 Å². The van der Waals surface area contributed by atoms with Crippen LogP contribution in [0.5, 0.6) is 0 Å². The van der Waals surface area contributed by atoms with Crippen LogP contribution in [0.2, 0.25) is 0 Å². The van der Waals surface area contributed by atoms with Crippen molar-refractivity contribution in [3.05, 3.63) is 58.5 Å². The molecule has 0 saturated carbocycles. The molecule has 0 saturated heterocycles. The topological polar surface area (TPSA) is 68.5 Å². The number of ether oxygens (including phenoxy) is 1. The van der Waals surface area contributed by atoms with Crippen LogP contribution >= 0.6 is 15.9 Å². The van der Waals surface area contributed by atoms with Crippen molar-refractivity contribution < 1.29 is 18.7 Å². The summed E-state index contributed by atoms with van der Waals surface area (Å²) in [6, 6.07) is 10.6. The maximum atomic E-state index is 11.7. The average molecular weight is 364 g/mol. The van der Waals surface area contributed by atoms with Crippen LogP contribution < -0.4 is 5.32 Å². The van der Waals surface area contributed by atoms with Crippen molar-refractivity contribution in [3.8, 4) is 0 Å². The van der Waals surface area contributed by atoms with Gasteiger partial charge in [-0.2, -0.15) is 0 Å². The number of rotatable bonds is 5. The van der Waals surface area contributed by atoms with E-state index in [0.717, 1.165) is 10.2 Å². The summed E-state index contributed by atoms with van der Waals surface area (Å²) in [5, 5.41) is 2.63. The molecule has 5 nitrogen and oxygen atoms in total. The number of amides is 1. The molecule has 6 heteroatoms. The Balaban J connectivity index is 1.78. The molecular formula is C16H14BrNO4. The zero-order valence-corrected chi connectivity index (χ0v) is 13.4. The molecule has 0 aliphatic rings. The predicted molar refractivity (Wildman–Crippen MR) is 86.2 cm³/mol. The summed E-state index contributed by atoms with van der Waals surface area (Å²) in [4.78, 5) is 23.2. The van der Waals surface area contributed by atoms with Gasteiger partial charge in [-0.05, 0) is 43.3 Å². The molecule has 1 aromatic heterocycles. The van der Waals surface area contributed by atoms with E-state index in [0.29, 0.717) is 11.4 Å². The highest BCUT2D eigenvalue weighted by Crippen LogP contribution is 2.15. The second kappa shape index (κ2) is 7.61. The maximum Gasteiger partial charge on any atom is 0.331 e. The number of anilines is 1. The van der Waals surface area contributed by atoms with E-state index in [4.69, 9.17) is 9.15 Å². The van der Waals surface area contributed by atoms with Crippen LogP contribution in [0.3, 0.4) is 0 Å². The average Bonchev–Trinajstić information content (AvgIpc) is 2.89. The molecule has 0 aliphatic carbocycles. The molecule has 1 amide bonds. The van der Waals surface area contributed by atoms with E-state index in [1.807, 2.05) is 13.0 Å². The first kappa shape index (κ1) is 16.0. The van der Waals surface area contributed by atoms with E-state index >= 15 is 0 Å². The van der Waals surface area contributed by atoms with Crippen LogP contribution in [0.1, 0.15) is 11.5 Å². The molecular weight excluding hydrogens is 350 g/mol. The van der Waals surface area contributed by atoms with Crippen LogP contribution in [0, 0.1) is 6.92 Å². The van der Waals surface area contributed by atoms with Crippen molar-refractivity contribution in [2.75, 3.05) is 11.9 Å². The highest BCUT2D eigenvalue weighted by Gasteiger charge is 2.06. The number of furan rings is 1. The van der Waals surface area contributed by atoms with Crippen molar-refractivity contribution in [1.29, 1.82) is 0 Å². The molecule has 1 N–H and O–H groups in total. The van der Waals surface area contributed by atoms with Crippen molar-refractivity contribution in [2.24, 2.45) is 0 Å². The first-order chi connectivity index (χ1) is 10.5. The number of hydrogen-bond acceptors (Lipinski definition) is 4. The smallest absolute Gasteiger partial charge is 0.331 e. The molecule has 2 rings (SSSR count). The standard InChI is InChI=1S/C16H14BrNO4/c1-11-5-6-14(22-11)7-8-16(20)21-10-15(19)18-13-4-2-3-12(17)9-13/h2-9H,10H2,1H3,(H,18,19). The van der Waals surface area contributed by atoms with E-state index in [1.165, 1.54) is 12.2 Å². The molecule has 114 valence electrons. The lowest BCUT2D eigenvalue weighted by atomic mass is 10.3. The Morgan fingerprint density at radius 3 is 2.82 bits per heavy atom. The molecule has 1 heterocycles. The fourth-order valence-electron chi connectivity index (χ4n) is 1.64. The second-order valence-electron chi connectivity index (χ2n) is 4.45. The zero-order chi connectivity index (χ0) is 15.9. The van der Waals surface area contributed by atoms with Gasteiger partial charge in [-0.3, -0.25) is 4.79 Å². The highest BCUT2D eigenvalue weighted by atomic mass is 79.9. The lowest BCUT2D eigenvalue weighted by Crippen LogP contribution is -2.20. The van der Waals surface area contributed by atoms with Gasteiger partial charge < -0.3 is 14.5 Å². The zero-order valence-electron chi connectivity index (χ0n) is 11.8. The second-order valence-corrected chi connectivity index (χ2v) is 5.36. The third kappa shape index (κ3) is 5.21. The molecule has 0 fully saturated rings. The Labute approximate surface area is 136 Å². The fourth-order valence-corrected chi connectivity index (χ4v) is 2.04. The van der Waals surface area contributed by atoms with Gasteiger partial charge in [-0.15, -0.1) is 0 Å². The first-order valence-corrected chi connectivity index (χ1v) is 7.29. The molecule has 0 spiro atoms. The Bertz CT molecular complexity index is 706. The number of benzene rings is 1. The summed E-state index contributed by atoms with van der Waals surface area (Å²) >= 11 is 3.30. The van der Waals surface area contributed by atoms with Gasteiger partial charge in [0.2, 0.25) is 0 Å². The third-order valence-electron chi connectivity index (χ3n) is 2.60. The van der Waals surface area contributed by atoms with E-state index in [2.05, 4.69) is 21.2 Å². The van der Waals surface area contributed by atoms with E-state index in [9.17, 15) is 9.59 Å².